The van der Waals surface area contributed by atoms with Gasteiger partial charge in [0.05, 0.1) is 16.9 Å². The maximum absolute atomic E-state index is 13.0. The van der Waals surface area contributed by atoms with Crippen LogP contribution in [0.3, 0.4) is 0 Å². The van der Waals surface area contributed by atoms with Crippen molar-refractivity contribution in [3.8, 4) is 0 Å². The summed E-state index contributed by atoms with van der Waals surface area (Å²) in [5.74, 6) is 0. The summed E-state index contributed by atoms with van der Waals surface area (Å²) in [4.78, 5) is 15.9. The fourth-order valence-corrected chi connectivity index (χ4v) is 3.36. The van der Waals surface area contributed by atoms with Gasteiger partial charge in [0.15, 0.2) is 0 Å². The summed E-state index contributed by atoms with van der Waals surface area (Å²) in [7, 11) is 3.45. The first-order valence-corrected chi connectivity index (χ1v) is 8.82. The molecule has 2 amide bonds. The van der Waals surface area contributed by atoms with Crippen molar-refractivity contribution in [2.45, 2.75) is 25.1 Å². The van der Waals surface area contributed by atoms with E-state index in [1.54, 1.807) is 23.9 Å². The Kier molecular flexibility index (Phi) is 5.34. The van der Waals surface area contributed by atoms with Crippen molar-refractivity contribution in [2.24, 2.45) is 0 Å². The lowest BCUT2D eigenvalue weighted by Crippen LogP contribution is -2.41. The molecule has 0 radical (unpaired) electrons. The number of hydrogen-bond donors (Lipinski definition) is 1. The smallest absolute Gasteiger partial charge is 0.376 e. The summed E-state index contributed by atoms with van der Waals surface area (Å²) in [6.07, 6.45) is 1.18. The molecule has 0 bridgehead atoms. The number of carbonyl (C=O) groups is 1. The highest BCUT2D eigenvalue weighted by Gasteiger charge is 2.32. The molecular formula is C19H23F3N4O. The molecular weight excluding hydrogens is 357 g/mol. The number of benzene rings is 1. The van der Waals surface area contributed by atoms with Gasteiger partial charge < -0.3 is 19.7 Å². The van der Waals surface area contributed by atoms with E-state index in [1.165, 1.54) is 6.07 Å². The van der Waals surface area contributed by atoms with Crippen molar-refractivity contribution in [1.29, 1.82) is 0 Å². The number of rotatable bonds is 3. The molecule has 1 N–H and O–H groups in total. The van der Waals surface area contributed by atoms with E-state index in [2.05, 4.69) is 9.88 Å². The third-order valence-electron chi connectivity index (χ3n) is 4.85. The predicted molar refractivity (Wildman–Crippen MR) is 99.1 cm³/mol. The van der Waals surface area contributed by atoms with Gasteiger partial charge in [-0.25, -0.2) is 4.79 Å². The molecule has 1 fully saturated rings. The quantitative estimate of drug-likeness (QED) is 0.855. The van der Waals surface area contributed by atoms with Crippen molar-refractivity contribution < 1.29 is 18.0 Å². The van der Waals surface area contributed by atoms with Crippen molar-refractivity contribution >= 4 is 17.4 Å². The fourth-order valence-electron chi connectivity index (χ4n) is 3.36. The molecule has 5 nitrogen and oxygen atoms in total. The number of hydrogen-bond acceptors (Lipinski definition) is 2. The predicted octanol–water partition coefficient (Wildman–Crippen LogP) is 4.44. The lowest BCUT2D eigenvalue weighted by Gasteiger charge is -2.33. The standard InChI is InChI=1S/C19H23F3N4O/c1-24(2)17-6-5-14(19(20,21)22)13-16(17)23-18(27)26-11-7-15(8-12-26)25-9-3-4-10-25/h3-6,9-10,13,15H,7-8,11-12H2,1-2H3,(H,23,27). The molecule has 146 valence electrons. The lowest BCUT2D eigenvalue weighted by atomic mass is 10.1. The molecule has 0 saturated carbocycles. The van der Waals surface area contributed by atoms with E-state index >= 15 is 0 Å². The first-order valence-electron chi connectivity index (χ1n) is 8.82. The number of alkyl halides is 3. The zero-order chi connectivity index (χ0) is 19.6. The minimum absolute atomic E-state index is 0.160. The van der Waals surface area contributed by atoms with Gasteiger partial charge in [-0.15, -0.1) is 0 Å². The average Bonchev–Trinajstić information content (AvgIpc) is 3.15. The van der Waals surface area contributed by atoms with Gasteiger partial charge in [0.25, 0.3) is 0 Å². The van der Waals surface area contributed by atoms with Crippen LogP contribution in [0, 0.1) is 0 Å². The van der Waals surface area contributed by atoms with E-state index in [9.17, 15) is 18.0 Å². The average molecular weight is 380 g/mol. The molecule has 2 heterocycles. The van der Waals surface area contributed by atoms with Gasteiger partial charge >= 0.3 is 12.2 Å². The Morgan fingerprint density at radius 1 is 1.15 bits per heavy atom. The van der Waals surface area contributed by atoms with Gasteiger partial charge in [0.1, 0.15) is 0 Å². The zero-order valence-corrected chi connectivity index (χ0v) is 15.3. The van der Waals surface area contributed by atoms with Crippen LogP contribution < -0.4 is 10.2 Å². The summed E-state index contributed by atoms with van der Waals surface area (Å²) in [6.45, 7) is 1.12. The maximum atomic E-state index is 13.0. The van der Waals surface area contributed by atoms with E-state index in [0.717, 1.165) is 25.0 Å². The number of urea groups is 1. The molecule has 1 aromatic carbocycles. The Morgan fingerprint density at radius 3 is 2.33 bits per heavy atom. The first-order chi connectivity index (χ1) is 12.8. The zero-order valence-electron chi connectivity index (χ0n) is 15.3. The highest BCUT2D eigenvalue weighted by Crippen LogP contribution is 2.35. The molecule has 1 aromatic heterocycles. The SMILES string of the molecule is CN(C)c1ccc(C(F)(F)F)cc1NC(=O)N1CCC(n2cccc2)CC1. The summed E-state index contributed by atoms with van der Waals surface area (Å²) in [5.41, 5.74) is -0.0966. The number of amides is 2. The Balaban J connectivity index is 1.70. The highest BCUT2D eigenvalue weighted by atomic mass is 19.4. The number of nitrogens with zero attached hydrogens (tertiary/aromatic N) is 3. The number of aromatic nitrogens is 1. The second-order valence-corrected chi connectivity index (χ2v) is 6.90. The van der Waals surface area contributed by atoms with Gasteiger partial charge in [-0.05, 0) is 43.2 Å². The minimum atomic E-state index is -4.46. The third kappa shape index (κ3) is 4.37. The minimum Gasteiger partial charge on any atom is -0.376 e. The van der Waals surface area contributed by atoms with Gasteiger partial charge in [-0.3, -0.25) is 0 Å². The molecule has 3 rings (SSSR count). The van der Waals surface area contributed by atoms with Crippen LogP contribution in [-0.4, -0.2) is 42.7 Å². The summed E-state index contributed by atoms with van der Waals surface area (Å²) < 4.78 is 41.2. The van der Waals surface area contributed by atoms with E-state index in [4.69, 9.17) is 0 Å². The number of nitrogens with one attached hydrogen (secondary N) is 1. The van der Waals surface area contributed by atoms with Gasteiger partial charge in [0.2, 0.25) is 0 Å². The van der Waals surface area contributed by atoms with Crippen molar-refractivity contribution in [3.63, 3.8) is 0 Å². The first kappa shape index (κ1) is 19.1. The van der Waals surface area contributed by atoms with Gasteiger partial charge in [-0.1, -0.05) is 0 Å². The van der Waals surface area contributed by atoms with Gasteiger partial charge in [-0.2, -0.15) is 13.2 Å². The van der Waals surface area contributed by atoms with Crippen LogP contribution in [0.15, 0.2) is 42.7 Å². The molecule has 1 saturated heterocycles. The maximum Gasteiger partial charge on any atom is 0.416 e. The molecule has 1 aliphatic rings. The Labute approximate surface area is 156 Å². The molecule has 8 heteroatoms. The summed E-state index contributed by atoms with van der Waals surface area (Å²) in [5, 5.41) is 2.66. The monoisotopic (exact) mass is 380 g/mol. The van der Waals surface area contributed by atoms with E-state index < -0.39 is 11.7 Å². The van der Waals surface area contributed by atoms with E-state index in [-0.39, 0.29) is 11.7 Å². The number of likely N-dealkylation sites (tertiary alicyclic amines) is 1. The normalized spacial score (nSPS) is 15.7. The third-order valence-corrected chi connectivity index (χ3v) is 4.85. The van der Waals surface area contributed by atoms with E-state index in [0.29, 0.717) is 24.8 Å². The number of halogens is 3. The molecule has 2 aromatic rings. The molecule has 0 spiro atoms. The number of piperidine rings is 1. The molecule has 27 heavy (non-hydrogen) atoms. The van der Waals surface area contributed by atoms with Crippen molar-refractivity contribution in [2.75, 3.05) is 37.4 Å². The highest BCUT2D eigenvalue weighted by molar-refractivity contribution is 5.93. The summed E-state index contributed by atoms with van der Waals surface area (Å²) in [6, 6.07) is 7.29. The molecule has 1 aliphatic heterocycles. The van der Waals surface area contributed by atoms with Gasteiger partial charge in [0, 0.05) is 45.6 Å². The van der Waals surface area contributed by atoms with E-state index in [1.807, 2.05) is 24.5 Å². The summed E-state index contributed by atoms with van der Waals surface area (Å²) >= 11 is 0. The molecule has 0 aliphatic carbocycles. The Bertz CT molecular complexity index is 779. The topological polar surface area (TPSA) is 40.5 Å². The van der Waals surface area contributed by atoms with Crippen LogP contribution in [0.2, 0.25) is 0 Å². The fraction of sp³-hybridized carbons (Fsp3) is 0.421. The van der Waals surface area contributed by atoms with Crippen LogP contribution in [0.5, 0.6) is 0 Å². The number of anilines is 2. The van der Waals surface area contributed by atoms with Crippen LogP contribution in [-0.2, 0) is 6.18 Å². The molecule has 0 atom stereocenters. The van der Waals surface area contributed by atoms with Crippen molar-refractivity contribution in [3.05, 3.63) is 48.3 Å². The Hall–Kier alpha value is -2.64. The molecule has 0 unspecified atom stereocenters. The van der Waals surface area contributed by atoms with Crippen LogP contribution in [0.4, 0.5) is 29.3 Å². The largest absolute Gasteiger partial charge is 0.416 e. The Morgan fingerprint density at radius 2 is 1.78 bits per heavy atom. The van der Waals surface area contributed by atoms with Crippen LogP contribution >= 0.6 is 0 Å². The second-order valence-electron chi connectivity index (χ2n) is 6.90. The lowest BCUT2D eigenvalue weighted by molar-refractivity contribution is -0.137. The second kappa shape index (κ2) is 7.54. The van der Waals surface area contributed by atoms with Crippen molar-refractivity contribution in [1.82, 2.24) is 9.47 Å². The van der Waals surface area contributed by atoms with Crippen LogP contribution in [0.1, 0.15) is 24.4 Å². The van der Waals surface area contributed by atoms with Crippen LogP contribution in [0.25, 0.3) is 0 Å². The number of carbonyl (C=O) groups excluding carboxylic acids is 1.